The highest BCUT2D eigenvalue weighted by Gasteiger charge is 2.38. The zero-order valence-corrected chi connectivity index (χ0v) is 33.3. The van der Waals surface area contributed by atoms with E-state index >= 15 is 0 Å². The van der Waals surface area contributed by atoms with Crippen molar-refractivity contribution in [1.82, 2.24) is 0 Å². The quantitative estimate of drug-likeness (QED) is 0.0884. The Bertz CT molecular complexity index is 2700. The number of nitrogens with zero attached hydrogens (tertiary/aromatic N) is 4. The summed E-state index contributed by atoms with van der Waals surface area (Å²) in [7, 11) is 8.23. The summed E-state index contributed by atoms with van der Waals surface area (Å²) in [6.45, 7) is 8.47. The molecule has 0 unspecified atom stereocenters. The first-order chi connectivity index (χ1) is 27.0. The van der Waals surface area contributed by atoms with Crippen LogP contribution >= 0.6 is 0 Å². The maximum atomic E-state index is 14.7. The molecule has 56 heavy (non-hydrogen) atoms. The van der Waals surface area contributed by atoms with Crippen molar-refractivity contribution in [3.8, 4) is 0 Å². The fourth-order valence-electron chi connectivity index (χ4n) is 8.87. The number of amides is 2. The van der Waals surface area contributed by atoms with E-state index in [0.29, 0.717) is 11.1 Å². The van der Waals surface area contributed by atoms with Crippen LogP contribution in [0, 0.1) is 0 Å². The van der Waals surface area contributed by atoms with Gasteiger partial charge >= 0.3 is 0 Å². The SMILES string of the molecule is CC(C)c1cccc(C(C)C)c1N1C(=O)c2ccc3c4cccc5c(N(c6ccc(N(C)C)cc6)c6ccc(N(C)C)cc6)ccc(c6ccc(c2c36)C1=O)c54. The molecule has 0 N–H and O–H groups in total. The van der Waals surface area contributed by atoms with Crippen LogP contribution in [0.4, 0.5) is 34.1 Å². The smallest absolute Gasteiger partial charge is 0.266 e. The molecule has 1 aliphatic rings. The van der Waals surface area contributed by atoms with Crippen LogP contribution in [0.1, 0.15) is 71.4 Å². The number of para-hydroxylation sites is 1. The molecule has 8 aromatic rings. The van der Waals surface area contributed by atoms with Crippen molar-refractivity contribution >= 4 is 89.0 Å². The lowest BCUT2D eigenvalue weighted by molar-refractivity contribution is 0.0893. The van der Waals surface area contributed by atoms with Gasteiger partial charge < -0.3 is 14.7 Å². The number of rotatable bonds is 8. The molecular formula is C50H46N4O2. The Labute approximate surface area is 328 Å². The first-order valence-electron chi connectivity index (χ1n) is 19.5. The number of fused-ring (bicyclic) bond motifs is 2. The Hall–Kier alpha value is -6.40. The molecule has 0 atom stereocenters. The number of anilines is 6. The van der Waals surface area contributed by atoms with E-state index in [0.717, 1.165) is 88.3 Å². The van der Waals surface area contributed by atoms with Crippen molar-refractivity contribution in [1.29, 1.82) is 0 Å². The van der Waals surface area contributed by atoms with Crippen molar-refractivity contribution < 1.29 is 9.59 Å². The molecule has 0 saturated heterocycles. The van der Waals surface area contributed by atoms with Crippen LogP contribution in [0.25, 0.3) is 43.1 Å². The second kappa shape index (κ2) is 13.1. The molecule has 0 radical (unpaired) electrons. The van der Waals surface area contributed by atoms with Gasteiger partial charge in [-0.2, -0.15) is 0 Å². The molecule has 8 aromatic carbocycles. The maximum Gasteiger partial charge on any atom is 0.266 e. The Morgan fingerprint density at radius 2 is 0.839 bits per heavy atom. The van der Waals surface area contributed by atoms with Gasteiger partial charge in [0.1, 0.15) is 0 Å². The molecule has 0 saturated carbocycles. The van der Waals surface area contributed by atoms with Crippen LogP contribution in [-0.2, 0) is 0 Å². The van der Waals surface area contributed by atoms with Gasteiger partial charge in [0.25, 0.3) is 11.8 Å². The van der Waals surface area contributed by atoms with Crippen LogP contribution in [0.3, 0.4) is 0 Å². The van der Waals surface area contributed by atoms with Crippen molar-refractivity contribution in [2.75, 3.05) is 47.8 Å². The fraction of sp³-hybridized carbons (Fsp3) is 0.200. The lowest BCUT2D eigenvalue weighted by Crippen LogP contribution is -2.41. The van der Waals surface area contributed by atoms with Gasteiger partial charge in [-0.3, -0.25) is 9.59 Å². The van der Waals surface area contributed by atoms with Gasteiger partial charge in [-0.05, 0) is 122 Å². The van der Waals surface area contributed by atoms with Crippen LogP contribution in [0.2, 0.25) is 0 Å². The molecule has 6 heteroatoms. The highest BCUT2D eigenvalue weighted by molar-refractivity contribution is 6.42. The lowest BCUT2D eigenvalue weighted by Gasteiger charge is -2.33. The third-order valence-corrected chi connectivity index (χ3v) is 11.7. The molecule has 2 amide bonds. The third-order valence-electron chi connectivity index (χ3n) is 11.7. The molecule has 1 heterocycles. The van der Waals surface area contributed by atoms with E-state index < -0.39 is 0 Å². The van der Waals surface area contributed by atoms with Crippen molar-refractivity contribution in [3.05, 3.63) is 144 Å². The lowest BCUT2D eigenvalue weighted by atomic mass is 9.83. The van der Waals surface area contributed by atoms with Crippen LogP contribution < -0.4 is 19.6 Å². The van der Waals surface area contributed by atoms with E-state index in [1.807, 2.05) is 30.3 Å². The molecule has 1 aliphatic heterocycles. The summed E-state index contributed by atoms with van der Waals surface area (Å²) in [5, 5.41) is 8.24. The Morgan fingerprint density at radius 3 is 1.32 bits per heavy atom. The van der Waals surface area contributed by atoms with E-state index in [2.05, 4.69) is 162 Å². The highest BCUT2D eigenvalue weighted by atomic mass is 16.2. The van der Waals surface area contributed by atoms with E-state index in [4.69, 9.17) is 0 Å². The van der Waals surface area contributed by atoms with Gasteiger partial charge in [-0.25, -0.2) is 4.90 Å². The van der Waals surface area contributed by atoms with Crippen LogP contribution in [0.5, 0.6) is 0 Å². The van der Waals surface area contributed by atoms with E-state index in [9.17, 15) is 9.59 Å². The van der Waals surface area contributed by atoms with Gasteiger partial charge in [-0.1, -0.05) is 82.3 Å². The average molecular weight is 735 g/mol. The minimum absolute atomic E-state index is 0.133. The minimum Gasteiger partial charge on any atom is -0.378 e. The fourth-order valence-corrected chi connectivity index (χ4v) is 8.87. The van der Waals surface area contributed by atoms with Crippen LogP contribution in [0.15, 0.2) is 121 Å². The predicted molar refractivity (Wildman–Crippen MR) is 237 cm³/mol. The summed E-state index contributed by atoms with van der Waals surface area (Å²) in [5.41, 5.74) is 9.31. The van der Waals surface area contributed by atoms with E-state index in [1.54, 1.807) is 0 Å². The monoisotopic (exact) mass is 734 g/mol. The topological polar surface area (TPSA) is 47.1 Å². The van der Waals surface area contributed by atoms with Crippen molar-refractivity contribution in [3.63, 3.8) is 0 Å². The predicted octanol–water partition coefficient (Wildman–Crippen LogP) is 12.4. The molecule has 9 rings (SSSR count). The molecule has 0 aromatic heterocycles. The van der Waals surface area contributed by atoms with E-state index in [1.165, 1.54) is 4.90 Å². The summed E-state index contributed by atoms with van der Waals surface area (Å²) in [4.78, 5) is 37.5. The Morgan fingerprint density at radius 1 is 0.429 bits per heavy atom. The molecule has 0 spiro atoms. The van der Waals surface area contributed by atoms with Crippen molar-refractivity contribution in [2.45, 2.75) is 39.5 Å². The zero-order chi connectivity index (χ0) is 39.2. The average Bonchev–Trinajstić information content (AvgIpc) is 3.20. The third kappa shape index (κ3) is 5.23. The number of benzene rings is 8. The Balaban J connectivity index is 1.27. The van der Waals surface area contributed by atoms with Crippen LogP contribution in [-0.4, -0.2) is 40.0 Å². The number of hydrogen-bond donors (Lipinski definition) is 0. The molecule has 6 nitrogen and oxygen atoms in total. The van der Waals surface area contributed by atoms with Gasteiger partial charge in [-0.15, -0.1) is 0 Å². The van der Waals surface area contributed by atoms with E-state index in [-0.39, 0.29) is 23.7 Å². The van der Waals surface area contributed by atoms with Gasteiger partial charge in [0, 0.05) is 72.8 Å². The largest absolute Gasteiger partial charge is 0.378 e. The maximum absolute atomic E-state index is 14.7. The van der Waals surface area contributed by atoms with Gasteiger partial charge in [0.05, 0.1) is 11.4 Å². The summed E-state index contributed by atoms with van der Waals surface area (Å²) in [6.07, 6.45) is 0. The number of carbonyl (C=O) groups excluding carboxylic acids is 2. The summed E-state index contributed by atoms with van der Waals surface area (Å²) in [6, 6.07) is 42.5. The molecule has 0 aliphatic carbocycles. The molecule has 278 valence electrons. The standard InChI is InChI=1S/C50H46N4O2/c1-29(2)35-11-9-12-36(30(3)4)48(35)54-49(55)42-25-23-39-37-13-10-14-41-44(28-27-38(45(37)41)40-24-26-43(50(54)56)47(42)46(39)40)53(33-19-15-31(16-20-33)51(5)6)34-21-17-32(18-22-34)52(7)8/h9-30H,1-8H3. The first kappa shape index (κ1) is 35.3. The normalized spacial score (nSPS) is 13.0. The first-order valence-corrected chi connectivity index (χ1v) is 19.5. The number of carbonyl (C=O) groups is 2. The highest BCUT2D eigenvalue weighted by Crippen LogP contribution is 2.49. The van der Waals surface area contributed by atoms with Gasteiger partial charge in [0.2, 0.25) is 0 Å². The summed E-state index contributed by atoms with van der Waals surface area (Å²) < 4.78 is 0. The molecule has 0 fully saturated rings. The number of imide groups is 1. The van der Waals surface area contributed by atoms with Gasteiger partial charge in [0.15, 0.2) is 0 Å². The molecular weight excluding hydrogens is 689 g/mol. The zero-order valence-electron chi connectivity index (χ0n) is 33.3. The molecule has 0 bridgehead atoms. The second-order valence-electron chi connectivity index (χ2n) is 16.1. The minimum atomic E-state index is -0.267. The Kier molecular flexibility index (Phi) is 8.28. The summed E-state index contributed by atoms with van der Waals surface area (Å²) in [5.74, 6) is -0.268. The number of hydrogen-bond acceptors (Lipinski definition) is 5. The second-order valence-corrected chi connectivity index (χ2v) is 16.1. The summed E-state index contributed by atoms with van der Waals surface area (Å²) >= 11 is 0. The van der Waals surface area contributed by atoms with Crippen molar-refractivity contribution in [2.24, 2.45) is 0 Å².